The molecule has 36 heavy (non-hydrogen) atoms. The average molecular weight is 577 g/mol. The van der Waals surface area contributed by atoms with Crippen molar-refractivity contribution in [2.45, 2.75) is 25.7 Å². The molecule has 0 bridgehead atoms. The van der Waals surface area contributed by atoms with Gasteiger partial charge in [0.2, 0.25) is 41.8 Å². The molecule has 0 spiro atoms. The third-order valence-electron chi connectivity index (χ3n) is 5.10. The number of thiazole rings is 2. The molecule has 0 fully saturated rings. The van der Waals surface area contributed by atoms with Crippen molar-refractivity contribution in [1.29, 1.82) is 0 Å². The van der Waals surface area contributed by atoms with E-state index in [0.717, 1.165) is 14.2 Å². The number of unbranched alkanes of at least 4 members (excludes halogenated alkanes) is 1. The number of aromatic nitrogens is 2. The third kappa shape index (κ3) is 9.44. The number of hydrogen-bond donors (Lipinski definition) is 0. The number of fused-ring (bicyclic) bond motifs is 2. The van der Waals surface area contributed by atoms with Gasteiger partial charge in [0, 0.05) is 25.0 Å². The highest BCUT2D eigenvalue weighted by Crippen LogP contribution is 2.23. The summed E-state index contributed by atoms with van der Waals surface area (Å²) in [6.45, 7) is 0. The first-order valence-electron chi connectivity index (χ1n) is 10.6. The van der Waals surface area contributed by atoms with E-state index >= 15 is 0 Å². The lowest BCUT2D eigenvalue weighted by atomic mass is 10.2. The fourth-order valence-electron chi connectivity index (χ4n) is 3.29. The summed E-state index contributed by atoms with van der Waals surface area (Å²) in [5.41, 5.74) is 2.71. The Morgan fingerprint density at radius 1 is 0.694 bits per heavy atom. The van der Waals surface area contributed by atoms with Crippen LogP contribution >= 0.6 is 22.7 Å². The van der Waals surface area contributed by atoms with E-state index in [9.17, 15) is 25.9 Å². The molecular formula is C22H28N2O8S4. The first kappa shape index (κ1) is 30.2. The monoisotopic (exact) mass is 576 g/mol. The van der Waals surface area contributed by atoms with E-state index in [1.54, 1.807) is 0 Å². The van der Waals surface area contributed by atoms with Gasteiger partial charge >= 0.3 is 0 Å². The molecule has 0 radical (unpaired) electrons. The van der Waals surface area contributed by atoms with Gasteiger partial charge < -0.3 is 9.11 Å². The summed E-state index contributed by atoms with van der Waals surface area (Å²) in [4.78, 5) is 0. The normalized spacial score (nSPS) is 11.6. The highest BCUT2D eigenvalue weighted by molar-refractivity contribution is 7.81. The van der Waals surface area contributed by atoms with Gasteiger partial charge in [-0.15, -0.1) is 0 Å². The van der Waals surface area contributed by atoms with Crippen LogP contribution in [0.3, 0.4) is 0 Å². The fourth-order valence-corrected chi connectivity index (χ4v) is 5.67. The zero-order chi connectivity index (χ0) is 26.9. The molecule has 0 unspecified atom stereocenters. The molecule has 0 saturated heterocycles. The Hall–Kier alpha value is -2.04. The van der Waals surface area contributed by atoms with Gasteiger partial charge in [-0.25, -0.2) is 16.8 Å². The Balaban J connectivity index is 0.000000319. The molecule has 2 aromatic heterocycles. The van der Waals surface area contributed by atoms with E-state index in [2.05, 4.69) is 80.1 Å². The number of para-hydroxylation sites is 2. The van der Waals surface area contributed by atoms with Gasteiger partial charge in [-0.05, 0) is 25.0 Å². The molecule has 10 nitrogen and oxygen atoms in total. The van der Waals surface area contributed by atoms with Crippen LogP contribution in [0, 0.1) is 0 Å². The molecule has 0 aliphatic carbocycles. The summed E-state index contributed by atoms with van der Waals surface area (Å²) >= 11 is 3.87. The van der Waals surface area contributed by atoms with E-state index < -0.39 is 20.8 Å². The van der Waals surface area contributed by atoms with Crippen LogP contribution in [0.4, 0.5) is 0 Å². The Kier molecular flexibility index (Phi) is 11.3. The minimum atomic E-state index is -4.41. The Morgan fingerprint density at radius 2 is 1.00 bits per heavy atom. The van der Waals surface area contributed by atoms with Crippen LogP contribution in [0.1, 0.15) is 22.9 Å². The predicted molar refractivity (Wildman–Crippen MR) is 136 cm³/mol. The lowest BCUT2D eigenvalue weighted by Crippen LogP contribution is -2.31. The lowest BCUT2D eigenvalue weighted by Gasteiger charge is -1.98. The molecule has 0 amide bonds. The molecule has 2 aromatic carbocycles. The maximum atomic E-state index is 9.22. The maximum absolute atomic E-state index is 9.22. The molecule has 2 heterocycles. The van der Waals surface area contributed by atoms with Gasteiger partial charge in [-0.3, -0.25) is 8.37 Å². The van der Waals surface area contributed by atoms with Crippen molar-refractivity contribution in [2.75, 3.05) is 14.2 Å². The van der Waals surface area contributed by atoms with E-state index in [1.165, 1.54) is 56.1 Å². The van der Waals surface area contributed by atoms with Crippen molar-refractivity contribution < 1.29 is 43.4 Å². The molecule has 0 N–H and O–H groups in total. The Bertz CT molecular complexity index is 1380. The van der Waals surface area contributed by atoms with Crippen LogP contribution in [0.25, 0.3) is 20.4 Å². The molecule has 0 saturated carbocycles. The fraction of sp³-hybridized carbons (Fsp3) is 0.364. The smallest absolute Gasteiger partial charge is 0.238 e. The topological polar surface area (TPSA) is 141 Å². The van der Waals surface area contributed by atoms with Crippen LogP contribution in [0.2, 0.25) is 0 Å². The zero-order valence-corrected chi connectivity index (χ0v) is 23.5. The second-order valence-electron chi connectivity index (χ2n) is 7.40. The second kappa shape index (κ2) is 13.5. The van der Waals surface area contributed by atoms with Crippen LogP contribution in [0.5, 0.6) is 0 Å². The number of benzene rings is 2. The molecule has 4 rings (SSSR count). The first-order chi connectivity index (χ1) is 16.9. The quantitative estimate of drug-likeness (QED) is 0.141. The number of aryl methyl sites for hydroxylation is 4. The van der Waals surface area contributed by atoms with Crippen molar-refractivity contribution in [3.8, 4) is 0 Å². The molecule has 0 atom stereocenters. The summed E-state index contributed by atoms with van der Waals surface area (Å²) in [5.74, 6) is 0. The van der Waals surface area contributed by atoms with Crippen LogP contribution in [-0.2, 0) is 56.1 Å². The Morgan fingerprint density at radius 3 is 1.28 bits per heavy atom. The van der Waals surface area contributed by atoms with Crippen LogP contribution in [0.15, 0.2) is 48.5 Å². The number of rotatable bonds is 7. The van der Waals surface area contributed by atoms with Gasteiger partial charge in [-0.2, -0.15) is 9.13 Å². The van der Waals surface area contributed by atoms with Crippen LogP contribution in [-0.4, -0.2) is 40.2 Å². The molecule has 14 heteroatoms. The molecular weight excluding hydrogens is 549 g/mol. The van der Waals surface area contributed by atoms with Crippen molar-refractivity contribution >= 4 is 63.9 Å². The summed E-state index contributed by atoms with van der Waals surface area (Å²) < 4.78 is 69.6. The number of hydrogen-bond acceptors (Lipinski definition) is 10. The third-order valence-corrected chi connectivity index (χ3v) is 8.47. The Labute approximate surface area is 219 Å². The van der Waals surface area contributed by atoms with Crippen molar-refractivity contribution in [3.05, 3.63) is 58.5 Å². The minimum absolute atomic E-state index is 0.808. The SMILES string of the molecule is COS(=O)(=O)[O-].COS(=O)(=O)[O-].C[n+]1c(CCCCc2sc3ccccc3[n+]2C)sc2ccccc21. The van der Waals surface area contributed by atoms with Gasteiger partial charge in [0.1, 0.15) is 23.5 Å². The maximum Gasteiger partial charge on any atom is 0.238 e. The molecule has 4 aromatic rings. The number of nitrogens with zero attached hydrogens (tertiary/aromatic N) is 2. The largest absolute Gasteiger partial charge is 0.726 e. The summed E-state index contributed by atoms with van der Waals surface area (Å²) in [6, 6.07) is 17.4. The van der Waals surface area contributed by atoms with Gasteiger partial charge in [0.15, 0.2) is 0 Å². The lowest BCUT2D eigenvalue weighted by molar-refractivity contribution is -0.648. The molecule has 0 aliphatic heterocycles. The van der Waals surface area contributed by atoms with Gasteiger partial charge in [-0.1, -0.05) is 46.9 Å². The van der Waals surface area contributed by atoms with E-state index in [4.69, 9.17) is 0 Å². The summed E-state index contributed by atoms with van der Waals surface area (Å²) in [6.07, 6.45) is 4.83. The van der Waals surface area contributed by atoms with Crippen molar-refractivity contribution in [2.24, 2.45) is 14.1 Å². The van der Waals surface area contributed by atoms with Crippen molar-refractivity contribution in [1.82, 2.24) is 0 Å². The summed E-state index contributed by atoms with van der Waals surface area (Å²) in [7, 11) is -2.82. The molecule has 198 valence electrons. The minimum Gasteiger partial charge on any atom is -0.726 e. The first-order valence-corrected chi connectivity index (χ1v) is 14.9. The zero-order valence-electron chi connectivity index (χ0n) is 20.2. The molecule has 0 aliphatic rings. The van der Waals surface area contributed by atoms with Crippen molar-refractivity contribution in [3.63, 3.8) is 0 Å². The summed E-state index contributed by atoms with van der Waals surface area (Å²) in [5, 5.41) is 2.97. The van der Waals surface area contributed by atoms with Crippen LogP contribution < -0.4 is 9.13 Å². The predicted octanol–water partition coefficient (Wildman–Crippen LogP) is 2.52. The highest BCUT2D eigenvalue weighted by Gasteiger charge is 2.18. The standard InChI is InChI=1S/C20H22N2S2.2CH4O4S/c1-21-15-9-3-5-11-17(15)23-19(21)13-7-8-14-20-22(2)16-10-4-6-12-18(16)24-20;2*1-5-6(2,3)4/h3-6,9-12H,7-8,13-14H2,1-2H3;2*1H3,(H,2,3,4)/q+2;;/p-2. The van der Waals surface area contributed by atoms with E-state index in [1.807, 2.05) is 22.7 Å². The van der Waals surface area contributed by atoms with E-state index in [0.29, 0.717) is 0 Å². The van der Waals surface area contributed by atoms with Gasteiger partial charge in [0.25, 0.3) is 0 Å². The highest BCUT2D eigenvalue weighted by atomic mass is 32.3. The second-order valence-corrected chi connectivity index (χ2v) is 11.9. The van der Waals surface area contributed by atoms with E-state index in [-0.39, 0.29) is 0 Å². The van der Waals surface area contributed by atoms with Gasteiger partial charge in [0.05, 0.1) is 14.2 Å². The average Bonchev–Trinajstić information content (AvgIpc) is 3.33.